The maximum Gasteiger partial charge on any atom is 0.225 e. The van der Waals surface area contributed by atoms with Crippen LogP contribution in [-0.2, 0) is 21.3 Å². The molecule has 3 nitrogen and oxygen atoms in total. The van der Waals surface area contributed by atoms with E-state index < -0.39 is 10.8 Å². The van der Waals surface area contributed by atoms with Crippen molar-refractivity contribution in [3.63, 3.8) is 0 Å². The van der Waals surface area contributed by atoms with Gasteiger partial charge in [0.2, 0.25) is 5.91 Å². The minimum atomic E-state index is -1.02. The zero-order valence-corrected chi connectivity index (χ0v) is 12.9. The highest BCUT2D eigenvalue weighted by atomic mass is 32.2. The van der Waals surface area contributed by atoms with Crippen LogP contribution in [0, 0.1) is 6.92 Å². The Bertz CT molecular complexity index is 626. The normalized spacial score (nSPS) is 11.9. The van der Waals surface area contributed by atoms with Gasteiger partial charge in [-0.25, -0.2) is 0 Å². The Morgan fingerprint density at radius 2 is 1.71 bits per heavy atom. The molecule has 4 heteroatoms. The average Bonchev–Trinajstić information content (AvgIpc) is 2.49. The molecule has 0 bridgehead atoms. The molecular weight excluding hydrogens is 282 g/mol. The van der Waals surface area contributed by atoms with Gasteiger partial charge in [0.15, 0.2) is 0 Å². The first kappa shape index (κ1) is 15.4. The van der Waals surface area contributed by atoms with Gasteiger partial charge in [-0.2, -0.15) is 0 Å². The Morgan fingerprint density at radius 1 is 1.05 bits per heavy atom. The van der Waals surface area contributed by atoms with Crippen molar-refractivity contribution in [1.82, 2.24) is 0 Å². The van der Waals surface area contributed by atoms with E-state index >= 15 is 0 Å². The predicted molar refractivity (Wildman–Crippen MR) is 87.6 cm³/mol. The van der Waals surface area contributed by atoms with Gasteiger partial charge in [0.1, 0.15) is 0 Å². The molecule has 0 aliphatic carbocycles. The molecule has 0 spiro atoms. The Kier molecular flexibility index (Phi) is 5.69. The third kappa shape index (κ3) is 5.16. The number of hydrogen-bond donors (Lipinski definition) is 1. The topological polar surface area (TPSA) is 46.2 Å². The van der Waals surface area contributed by atoms with Crippen LogP contribution in [0.1, 0.15) is 17.5 Å². The Balaban J connectivity index is 1.79. The largest absolute Gasteiger partial charge is 0.326 e. The van der Waals surface area contributed by atoms with Gasteiger partial charge < -0.3 is 5.32 Å². The van der Waals surface area contributed by atoms with Gasteiger partial charge in [-0.15, -0.1) is 0 Å². The number of carbonyl (C=O) groups is 1. The third-order valence-electron chi connectivity index (χ3n) is 3.19. The fourth-order valence-corrected chi connectivity index (χ4v) is 3.20. The van der Waals surface area contributed by atoms with Crippen LogP contribution >= 0.6 is 0 Å². The molecule has 2 aromatic rings. The average molecular weight is 301 g/mol. The number of rotatable bonds is 6. The van der Waals surface area contributed by atoms with Crippen LogP contribution in [0.5, 0.6) is 0 Å². The molecule has 0 aliphatic rings. The van der Waals surface area contributed by atoms with E-state index in [-0.39, 0.29) is 12.3 Å². The SMILES string of the molecule is Cc1ccccc1C[S@@](=O)CCC(=O)Nc1ccccc1. The molecule has 21 heavy (non-hydrogen) atoms. The summed E-state index contributed by atoms with van der Waals surface area (Å²) in [6.07, 6.45) is 0.271. The number of anilines is 1. The predicted octanol–water partition coefficient (Wildman–Crippen LogP) is 3.27. The molecule has 0 aromatic heterocycles. The maximum absolute atomic E-state index is 12.1. The van der Waals surface area contributed by atoms with Crippen molar-refractivity contribution >= 4 is 22.4 Å². The summed E-state index contributed by atoms with van der Waals surface area (Å²) in [7, 11) is -1.02. The number of aryl methyl sites for hydroxylation is 1. The van der Waals surface area contributed by atoms with E-state index in [0.717, 1.165) is 16.8 Å². The van der Waals surface area contributed by atoms with Crippen LogP contribution in [0.2, 0.25) is 0 Å². The van der Waals surface area contributed by atoms with Gasteiger partial charge in [-0.3, -0.25) is 9.00 Å². The van der Waals surface area contributed by atoms with Gasteiger partial charge in [0.25, 0.3) is 0 Å². The maximum atomic E-state index is 12.1. The van der Waals surface area contributed by atoms with Crippen molar-refractivity contribution in [2.24, 2.45) is 0 Å². The van der Waals surface area contributed by atoms with E-state index in [0.29, 0.717) is 11.5 Å². The Hall–Kier alpha value is -1.94. The fraction of sp³-hybridized carbons (Fsp3) is 0.235. The second kappa shape index (κ2) is 7.74. The van der Waals surface area contributed by atoms with Crippen LogP contribution in [0.3, 0.4) is 0 Å². The van der Waals surface area contributed by atoms with Gasteiger partial charge in [0.05, 0.1) is 0 Å². The minimum absolute atomic E-state index is 0.0978. The van der Waals surface area contributed by atoms with Crippen molar-refractivity contribution in [2.45, 2.75) is 19.1 Å². The van der Waals surface area contributed by atoms with Crippen LogP contribution < -0.4 is 5.32 Å². The highest BCUT2D eigenvalue weighted by Crippen LogP contribution is 2.11. The molecule has 1 N–H and O–H groups in total. The van der Waals surface area contributed by atoms with Crippen LogP contribution in [0.4, 0.5) is 5.69 Å². The monoisotopic (exact) mass is 301 g/mol. The molecular formula is C17H19NO2S. The summed E-state index contributed by atoms with van der Waals surface area (Å²) in [6, 6.07) is 17.2. The molecule has 0 radical (unpaired) electrons. The van der Waals surface area contributed by atoms with Gasteiger partial charge >= 0.3 is 0 Å². The zero-order valence-electron chi connectivity index (χ0n) is 12.0. The first-order valence-electron chi connectivity index (χ1n) is 6.89. The number of benzene rings is 2. The molecule has 0 heterocycles. The molecule has 0 unspecified atom stereocenters. The third-order valence-corrected chi connectivity index (χ3v) is 4.48. The number of carbonyl (C=O) groups excluding carboxylic acids is 1. The highest BCUT2D eigenvalue weighted by Gasteiger charge is 2.08. The molecule has 0 aliphatic heterocycles. The van der Waals surface area contributed by atoms with Gasteiger partial charge in [-0.1, -0.05) is 42.5 Å². The van der Waals surface area contributed by atoms with Crippen molar-refractivity contribution in [1.29, 1.82) is 0 Å². The van der Waals surface area contributed by atoms with Gasteiger partial charge in [-0.05, 0) is 30.2 Å². The summed E-state index contributed by atoms with van der Waals surface area (Å²) in [4.78, 5) is 11.8. The van der Waals surface area contributed by atoms with Crippen LogP contribution in [0.15, 0.2) is 54.6 Å². The lowest BCUT2D eigenvalue weighted by Crippen LogP contribution is -2.15. The summed E-state index contributed by atoms with van der Waals surface area (Å²) in [5.41, 5.74) is 2.99. The molecule has 1 atom stereocenters. The summed E-state index contributed by atoms with van der Waals surface area (Å²) in [6.45, 7) is 2.01. The molecule has 0 saturated heterocycles. The number of para-hydroxylation sites is 1. The lowest BCUT2D eigenvalue weighted by Gasteiger charge is -2.07. The lowest BCUT2D eigenvalue weighted by atomic mass is 10.1. The van der Waals surface area contributed by atoms with Crippen molar-refractivity contribution < 1.29 is 9.00 Å². The quantitative estimate of drug-likeness (QED) is 0.890. The van der Waals surface area contributed by atoms with Crippen LogP contribution in [0.25, 0.3) is 0 Å². The van der Waals surface area contributed by atoms with E-state index in [4.69, 9.17) is 0 Å². The summed E-state index contributed by atoms with van der Waals surface area (Å²) in [5.74, 6) is 0.789. The molecule has 2 aromatic carbocycles. The Morgan fingerprint density at radius 3 is 2.43 bits per heavy atom. The minimum Gasteiger partial charge on any atom is -0.326 e. The lowest BCUT2D eigenvalue weighted by molar-refractivity contribution is -0.115. The molecule has 2 rings (SSSR count). The summed E-state index contributed by atoms with van der Waals surface area (Å²) in [5, 5.41) is 2.80. The molecule has 110 valence electrons. The van der Waals surface area contributed by atoms with E-state index in [1.54, 1.807) is 0 Å². The smallest absolute Gasteiger partial charge is 0.225 e. The highest BCUT2D eigenvalue weighted by molar-refractivity contribution is 7.84. The number of amides is 1. The number of nitrogens with one attached hydrogen (secondary N) is 1. The summed E-state index contributed by atoms with van der Waals surface area (Å²) >= 11 is 0. The summed E-state index contributed by atoms with van der Waals surface area (Å²) < 4.78 is 12.1. The van der Waals surface area contributed by atoms with E-state index in [2.05, 4.69) is 5.32 Å². The Labute approximate surface area is 127 Å². The molecule has 0 saturated carbocycles. The first-order chi connectivity index (χ1) is 10.1. The standard InChI is InChI=1S/C17H19NO2S/c1-14-7-5-6-8-15(14)13-21(20)12-11-17(19)18-16-9-3-2-4-10-16/h2-10H,11-13H2,1H3,(H,18,19)/t21-/m0/s1. The van der Waals surface area contributed by atoms with Crippen molar-refractivity contribution in [3.05, 3.63) is 65.7 Å². The van der Waals surface area contributed by atoms with Crippen molar-refractivity contribution in [3.8, 4) is 0 Å². The first-order valence-corrected chi connectivity index (χ1v) is 8.38. The molecule has 1 amide bonds. The van der Waals surface area contributed by atoms with E-state index in [9.17, 15) is 9.00 Å². The van der Waals surface area contributed by atoms with E-state index in [1.807, 2.05) is 61.5 Å². The van der Waals surface area contributed by atoms with Gasteiger partial charge in [0, 0.05) is 34.4 Å². The molecule has 0 fully saturated rings. The number of hydrogen-bond acceptors (Lipinski definition) is 2. The van der Waals surface area contributed by atoms with E-state index in [1.165, 1.54) is 0 Å². The zero-order chi connectivity index (χ0) is 15.1. The fourth-order valence-electron chi connectivity index (χ4n) is 1.97. The van der Waals surface area contributed by atoms with Crippen LogP contribution in [-0.4, -0.2) is 15.9 Å². The van der Waals surface area contributed by atoms with Crippen molar-refractivity contribution in [2.75, 3.05) is 11.1 Å². The second-order valence-corrected chi connectivity index (χ2v) is 6.46. The second-order valence-electron chi connectivity index (χ2n) is 4.88.